The van der Waals surface area contributed by atoms with E-state index in [1.807, 2.05) is 52.0 Å². The fourth-order valence-corrected chi connectivity index (χ4v) is 5.37. The third-order valence-corrected chi connectivity index (χ3v) is 8.25. The fourth-order valence-electron chi connectivity index (χ4n) is 5.11. The van der Waals surface area contributed by atoms with Gasteiger partial charge in [0.2, 0.25) is 0 Å². The van der Waals surface area contributed by atoms with E-state index in [0.717, 1.165) is 22.3 Å². The molecule has 0 unspecified atom stereocenters. The molecule has 0 spiro atoms. The minimum Gasteiger partial charge on any atom is -0.478 e. The number of benzene rings is 3. The van der Waals surface area contributed by atoms with Crippen molar-refractivity contribution in [3.63, 3.8) is 0 Å². The smallest absolute Gasteiger partial charge is 0.478 e. The number of amides is 1. The molecule has 2 aliphatic rings. The Morgan fingerprint density at radius 2 is 1.52 bits per heavy atom. The molecule has 1 amide bonds. The van der Waals surface area contributed by atoms with Gasteiger partial charge in [0.1, 0.15) is 6.61 Å². The second kappa shape index (κ2) is 10.8. The number of rotatable bonds is 7. The number of ether oxygens (including phenoxy) is 1. The van der Waals surface area contributed by atoms with E-state index < -0.39 is 30.4 Å². The topological polar surface area (TPSA) is 94.1 Å². The first-order chi connectivity index (χ1) is 19.0. The zero-order chi connectivity index (χ0) is 28.7. The number of aromatic carboxylic acids is 1. The zero-order valence-corrected chi connectivity index (χ0v) is 23.6. The molecule has 5 rings (SSSR count). The summed E-state index contributed by atoms with van der Waals surface area (Å²) in [6.45, 7) is 7.88. The Balaban J connectivity index is 1.35. The van der Waals surface area contributed by atoms with Crippen LogP contribution in [-0.2, 0) is 14.0 Å². The molecule has 0 aromatic heterocycles. The predicted molar refractivity (Wildman–Crippen MR) is 156 cm³/mol. The highest BCUT2D eigenvalue weighted by Gasteiger charge is 2.52. The molecule has 9 heteroatoms. The van der Waals surface area contributed by atoms with Crippen LogP contribution < -0.4 is 5.32 Å². The first-order valence-corrected chi connectivity index (χ1v) is 13.5. The summed E-state index contributed by atoms with van der Waals surface area (Å²) >= 11 is 6.20. The number of carboxylic acid groups (broad SMARTS) is 1. The molecule has 1 fully saturated rings. The first kappa shape index (κ1) is 28.0. The standard InChI is InChI=1S/C31H31BClNO6/c1-30(2)31(3,4)40-32(39-30)20(16-19-10-9-15-26(33)27(19)28(35)36)17-34-29(37)38-18-25-23-13-7-5-11-21(23)22-12-6-8-14-24(22)25/h5-16,25H,17-18H2,1-4H3,(H,34,37)(H,35,36). The largest absolute Gasteiger partial charge is 0.492 e. The fraction of sp³-hybridized carbons (Fsp3) is 0.290. The van der Waals surface area contributed by atoms with Gasteiger partial charge in [-0.25, -0.2) is 9.59 Å². The lowest BCUT2D eigenvalue weighted by Crippen LogP contribution is -2.41. The molecule has 0 saturated carbocycles. The monoisotopic (exact) mass is 559 g/mol. The van der Waals surface area contributed by atoms with Crippen LogP contribution in [0.2, 0.25) is 5.02 Å². The zero-order valence-electron chi connectivity index (χ0n) is 22.9. The lowest BCUT2D eigenvalue weighted by Gasteiger charge is -2.32. The van der Waals surface area contributed by atoms with Gasteiger partial charge in [0, 0.05) is 12.5 Å². The van der Waals surface area contributed by atoms with Crippen LogP contribution in [0.3, 0.4) is 0 Å². The number of alkyl carbamates (subject to hydrolysis) is 1. The van der Waals surface area contributed by atoms with Crippen molar-refractivity contribution in [3.05, 3.63) is 99.5 Å². The molecule has 40 heavy (non-hydrogen) atoms. The molecule has 3 aromatic carbocycles. The van der Waals surface area contributed by atoms with E-state index in [0.29, 0.717) is 11.0 Å². The second-order valence-electron chi connectivity index (χ2n) is 11.0. The van der Waals surface area contributed by atoms with Crippen molar-refractivity contribution in [2.75, 3.05) is 13.2 Å². The molecule has 1 aliphatic heterocycles. The molecule has 0 bridgehead atoms. The average molecular weight is 560 g/mol. The normalized spacial score (nSPS) is 17.3. The Bertz CT molecular complexity index is 1440. The Morgan fingerprint density at radius 3 is 2.10 bits per heavy atom. The molecular formula is C31H31BClNO6. The van der Waals surface area contributed by atoms with E-state index in [4.69, 9.17) is 25.6 Å². The molecule has 1 saturated heterocycles. The molecule has 7 nitrogen and oxygen atoms in total. The van der Waals surface area contributed by atoms with Gasteiger partial charge in [-0.2, -0.15) is 0 Å². The third-order valence-electron chi connectivity index (χ3n) is 7.94. The maximum absolute atomic E-state index is 12.9. The Kier molecular flexibility index (Phi) is 7.53. The number of halogens is 1. The van der Waals surface area contributed by atoms with Crippen LogP contribution >= 0.6 is 11.6 Å². The predicted octanol–water partition coefficient (Wildman–Crippen LogP) is 6.59. The average Bonchev–Trinajstić information content (AvgIpc) is 3.34. The van der Waals surface area contributed by atoms with Gasteiger partial charge in [-0.1, -0.05) is 78.3 Å². The number of fused-ring (bicyclic) bond motifs is 3. The third kappa shape index (κ3) is 5.27. The highest BCUT2D eigenvalue weighted by atomic mass is 35.5. The Labute approximate surface area is 239 Å². The van der Waals surface area contributed by atoms with E-state index in [-0.39, 0.29) is 29.7 Å². The molecule has 1 aliphatic carbocycles. The van der Waals surface area contributed by atoms with Gasteiger partial charge < -0.3 is 24.5 Å². The van der Waals surface area contributed by atoms with Crippen LogP contribution in [0.15, 0.2) is 72.2 Å². The number of hydrogen-bond donors (Lipinski definition) is 2. The second-order valence-corrected chi connectivity index (χ2v) is 11.4. The maximum atomic E-state index is 12.9. The highest BCUT2D eigenvalue weighted by Crippen LogP contribution is 2.44. The van der Waals surface area contributed by atoms with E-state index in [1.165, 1.54) is 6.07 Å². The Hall–Kier alpha value is -3.59. The number of carboxylic acids is 1. The number of nitrogens with one attached hydrogen (secondary N) is 1. The minimum absolute atomic E-state index is 0.0130. The summed E-state index contributed by atoms with van der Waals surface area (Å²) in [4.78, 5) is 24.9. The summed E-state index contributed by atoms with van der Waals surface area (Å²) in [6, 6.07) is 21.1. The van der Waals surface area contributed by atoms with Crippen LogP contribution in [0.25, 0.3) is 17.2 Å². The lowest BCUT2D eigenvalue weighted by atomic mass is 9.76. The van der Waals surface area contributed by atoms with Crippen molar-refractivity contribution in [1.29, 1.82) is 0 Å². The van der Waals surface area contributed by atoms with Crippen LogP contribution in [0.5, 0.6) is 0 Å². The summed E-state index contributed by atoms with van der Waals surface area (Å²) in [6.07, 6.45) is 1.04. The van der Waals surface area contributed by atoms with E-state index in [9.17, 15) is 14.7 Å². The van der Waals surface area contributed by atoms with Gasteiger partial charge >= 0.3 is 19.2 Å². The molecule has 2 N–H and O–H groups in total. The first-order valence-electron chi connectivity index (χ1n) is 13.2. The summed E-state index contributed by atoms with van der Waals surface area (Å²) in [5.41, 5.74) is 4.13. The summed E-state index contributed by atoms with van der Waals surface area (Å²) in [5, 5.41) is 12.7. The molecular weight excluding hydrogens is 529 g/mol. The number of hydrogen-bond acceptors (Lipinski definition) is 5. The van der Waals surface area contributed by atoms with E-state index in [2.05, 4.69) is 29.6 Å². The van der Waals surface area contributed by atoms with Crippen molar-refractivity contribution >= 4 is 36.9 Å². The van der Waals surface area contributed by atoms with Crippen molar-refractivity contribution in [2.24, 2.45) is 0 Å². The number of carbonyl (C=O) groups is 2. The van der Waals surface area contributed by atoms with Crippen molar-refractivity contribution in [1.82, 2.24) is 5.32 Å². The van der Waals surface area contributed by atoms with Crippen molar-refractivity contribution in [2.45, 2.75) is 44.8 Å². The van der Waals surface area contributed by atoms with Gasteiger partial charge in [-0.15, -0.1) is 0 Å². The summed E-state index contributed by atoms with van der Waals surface area (Å²) in [7, 11) is -0.820. The van der Waals surface area contributed by atoms with Gasteiger partial charge in [0.15, 0.2) is 0 Å². The minimum atomic E-state index is -1.16. The van der Waals surface area contributed by atoms with Crippen molar-refractivity contribution < 1.29 is 28.7 Å². The lowest BCUT2D eigenvalue weighted by molar-refractivity contribution is 0.00578. The SMILES string of the molecule is CC1(C)OB(C(=Cc2cccc(Cl)c2C(=O)O)CNC(=O)OCC2c3ccccc3-c3ccccc32)OC1(C)C. The van der Waals surface area contributed by atoms with Crippen LogP contribution in [0.4, 0.5) is 4.79 Å². The molecule has 206 valence electrons. The van der Waals surface area contributed by atoms with Gasteiger partial charge in [0.05, 0.1) is 21.8 Å². The highest BCUT2D eigenvalue weighted by molar-refractivity contribution is 6.56. The maximum Gasteiger partial charge on any atom is 0.492 e. The van der Waals surface area contributed by atoms with E-state index >= 15 is 0 Å². The van der Waals surface area contributed by atoms with E-state index in [1.54, 1.807) is 18.2 Å². The van der Waals surface area contributed by atoms with Gasteiger partial charge in [-0.3, -0.25) is 0 Å². The van der Waals surface area contributed by atoms with Gasteiger partial charge in [-0.05, 0) is 67.1 Å². The Morgan fingerprint density at radius 1 is 0.950 bits per heavy atom. The molecule has 0 atom stereocenters. The quantitative estimate of drug-likeness (QED) is 0.317. The molecule has 1 heterocycles. The summed E-state index contributed by atoms with van der Waals surface area (Å²) < 4.78 is 18.1. The number of carbonyl (C=O) groups excluding carboxylic acids is 1. The van der Waals surface area contributed by atoms with Crippen LogP contribution in [0, 0.1) is 0 Å². The van der Waals surface area contributed by atoms with Crippen LogP contribution in [0.1, 0.15) is 60.7 Å². The molecule has 0 radical (unpaired) electrons. The van der Waals surface area contributed by atoms with Crippen molar-refractivity contribution in [3.8, 4) is 11.1 Å². The summed E-state index contributed by atoms with van der Waals surface area (Å²) in [5.74, 6) is -1.23. The van der Waals surface area contributed by atoms with Gasteiger partial charge in [0.25, 0.3) is 0 Å². The van der Waals surface area contributed by atoms with Crippen LogP contribution in [-0.4, -0.2) is 48.6 Å². The molecule has 3 aromatic rings.